The molecule has 0 aliphatic heterocycles. The first-order valence-corrected chi connectivity index (χ1v) is 8.15. The molecular formula is C17H14Cl3NO3. The smallest absolute Gasteiger partial charge is 0.326 e. The van der Waals surface area contributed by atoms with Crippen LogP contribution in [0.1, 0.15) is 21.5 Å². The van der Waals surface area contributed by atoms with Gasteiger partial charge >= 0.3 is 5.97 Å². The molecule has 0 saturated carbocycles. The van der Waals surface area contributed by atoms with Crippen LogP contribution in [0.5, 0.6) is 0 Å². The summed E-state index contributed by atoms with van der Waals surface area (Å²) < 4.78 is -1.58. The standard InChI is InChI=1S/C17H14Cl3NO3/c18-17(19,20)13-8-6-12(7-9-13)15(22)21-14(16(23)24)10-11-4-2-1-3-5-11/h1-9,14H,10H2,(H,21,22)(H,23,24). The molecule has 0 bridgehead atoms. The van der Waals surface area contributed by atoms with Crippen molar-refractivity contribution in [3.05, 3.63) is 71.3 Å². The SMILES string of the molecule is O=C(NC(Cc1ccccc1)C(=O)O)c1ccc(C(Cl)(Cl)Cl)cc1. The van der Waals surface area contributed by atoms with Gasteiger partial charge in [0.25, 0.3) is 5.91 Å². The van der Waals surface area contributed by atoms with Gasteiger partial charge in [-0.15, -0.1) is 0 Å². The molecule has 0 aromatic heterocycles. The highest BCUT2D eigenvalue weighted by molar-refractivity contribution is 6.66. The van der Waals surface area contributed by atoms with Crippen molar-refractivity contribution in [3.63, 3.8) is 0 Å². The molecule has 0 fully saturated rings. The number of amides is 1. The van der Waals surface area contributed by atoms with Crippen LogP contribution in [0.2, 0.25) is 0 Å². The van der Waals surface area contributed by atoms with Gasteiger partial charge in [0.2, 0.25) is 3.79 Å². The van der Waals surface area contributed by atoms with Crippen LogP contribution in [-0.2, 0) is 15.0 Å². The van der Waals surface area contributed by atoms with E-state index in [2.05, 4.69) is 5.32 Å². The van der Waals surface area contributed by atoms with Crippen LogP contribution >= 0.6 is 34.8 Å². The van der Waals surface area contributed by atoms with Crippen molar-refractivity contribution in [2.24, 2.45) is 0 Å². The number of hydrogen-bond donors (Lipinski definition) is 2. The summed E-state index contributed by atoms with van der Waals surface area (Å²) in [6.45, 7) is 0. The van der Waals surface area contributed by atoms with Crippen molar-refractivity contribution >= 4 is 46.7 Å². The Balaban J connectivity index is 2.09. The lowest BCUT2D eigenvalue weighted by molar-refractivity contribution is -0.139. The van der Waals surface area contributed by atoms with Crippen molar-refractivity contribution in [1.29, 1.82) is 0 Å². The fourth-order valence-corrected chi connectivity index (χ4v) is 2.48. The molecule has 126 valence electrons. The van der Waals surface area contributed by atoms with Crippen LogP contribution in [-0.4, -0.2) is 23.0 Å². The van der Waals surface area contributed by atoms with E-state index in [9.17, 15) is 14.7 Å². The third kappa shape index (κ3) is 5.13. The Morgan fingerprint density at radius 3 is 2.08 bits per heavy atom. The van der Waals surface area contributed by atoms with Gasteiger partial charge in [0.1, 0.15) is 6.04 Å². The minimum atomic E-state index is -1.58. The zero-order valence-electron chi connectivity index (χ0n) is 12.4. The third-order valence-corrected chi connectivity index (χ3v) is 4.02. The summed E-state index contributed by atoms with van der Waals surface area (Å²) >= 11 is 17.3. The van der Waals surface area contributed by atoms with Crippen LogP contribution in [0.3, 0.4) is 0 Å². The van der Waals surface area contributed by atoms with E-state index in [0.717, 1.165) is 5.56 Å². The number of halogens is 3. The maximum Gasteiger partial charge on any atom is 0.326 e. The predicted octanol–water partition coefficient (Wildman–Crippen LogP) is 3.94. The molecule has 7 heteroatoms. The zero-order valence-corrected chi connectivity index (χ0v) is 14.6. The van der Waals surface area contributed by atoms with E-state index >= 15 is 0 Å². The van der Waals surface area contributed by atoms with E-state index in [1.54, 1.807) is 12.1 Å². The Labute approximate surface area is 154 Å². The number of alkyl halides is 3. The second kappa shape index (κ2) is 7.88. The van der Waals surface area contributed by atoms with Gasteiger partial charge in [0.15, 0.2) is 0 Å². The van der Waals surface area contributed by atoms with E-state index in [-0.39, 0.29) is 12.0 Å². The zero-order chi connectivity index (χ0) is 17.7. The minimum absolute atomic E-state index is 0.189. The Bertz CT molecular complexity index is 712. The quantitative estimate of drug-likeness (QED) is 0.765. The number of carboxylic acid groups (broad SMARTS) is 1. The lowest BCUT2D eigenvalue weighted by atomic mass is 10.1. The molecule has 1 unspecified atom stereocenters. The average molecular weight is 387 g/mol. The van der Waals surface area contributed by atoms with Crippen LogP contribution < -0.4 is 5.32 Å². The van der Waals surface area contributed by atoms with Crippen LogP contribution in [0.15, 0.2) is 54.6 Å². The molecule has 0 saturated heterocycles. The predicted molar refractivity (Wildman–Crippen MR) is 94.7 cm³/mol. The lowest BCUT2D eigenvalue weighted by Crippen LogP contribution is -2.42. The Hall–Kier alpha value is -1.75. The lowest BCUT2D eigenvalue weighted by Gasteiger charge is -2.15. The summed E-state index contributed by atoms with van der Waals surface area (Å²) in [6, 6.07) is 14.0. The molecule has 2 N–H and O–H groups in total. The van der Waals surface area contributed by atoms with Gasteiger partial charge in [-0.05, 0) is 17.7 Å². The Kier molecular flexibility index (Phi) is 6.10. The van der Waals surface area contributed by atoms with Crippen molar-refractivity contribution < 1.29 is 14.7 Å². The highest BCUT2D eigenvalue weighted by Gasteiger charge is 2.24. The van der Waals surface area contributed by atoms with E-state index in [4.69, 9.17) is 34.8 Å². The van der Waals surface area contributed by atoms with E-state index < -0.39 is 21.7 Å². The largest absolute Gasteiger partial charge is 0.480 e. The molecule has 4 nitrogen and oxygen atoms in total. The molecule has 24 heavy (non-hydrogen) atoms. The summed E-state index contributed by atoms with van der Waals surface area (Å²) in [6.07, 6.45) is 0.189. The summed E-state index contributed by atoms with van der Waals surface area (Å²) in [5, 5.41) is 11.8. The van der Waals surface area contributed by atoms with Crippen molar-refractivity contribution in [2.45, 2.75) is 16.3 Å². The number of carbonyl (C=O) groups excluding carboxylic acids is 1. The molecule has 2 rings (SSSR count). The summed E-state index contributed by atoms with van der Waals surface area (Å²) in [5.74, 6) is -1.61. The second-order valence-corrected chi connectivity index (χ2v) is 7.41. The maximum atomic E-state index is 12.2. The number of aliphatic carboxylic acids is 1. The topological polar surface area (TPSA) is 66.4 Å². The van der Waals surface area contributed by atoms with Crippen molar-refractivity contribution in [2.75, 3.05) is 0 Å². The monoisotopic (exact) mass is 385 g/mol. The second-order valence-electron chi connectivity index (χ2n) is 5.13. The van der Waals surface area contributed by atoms with Gasteiger partial charge < -0.3 is 10.4 Å². The van der Waals surface area contributed by atoms with Gasteiger partial charge in [0, 0.05) is 17.5 Å². The van der Waals surface area contributed by atoms with Crippen LogP contribution in [0.4, 0.5) is 0 Å². The Morgan fingerprint density at radius 1 is 1.00 bits per heavy atom. The van der Waals surface area contributed by atoms with Crippen molar-refractivity contribution in [1.82, 2.24) is 5.32 Å². The molecule has 1 amide bonds. The molecule has 0 aliphatic rings. The highest BCUT2D eigenvalue weighted by atomic mass is 35.6. The summed E-state index contributed by atoms with van der Waals surface area (Å²) in [4.78, 5) is 23.6. The normalized spacial score (nSPS) is 12.5. The fourth-order valence-electron chi connectivity index (χ4n) is 2.10. The number of rotatable bonds is 5. The first kappa shape index (κ1) is 18.6. The van der Waals surface area contributed by atoms with E-state index in [1.807, 2.05) is 18.2 Å². The molecule has 2 aromatic carbocycles. The molecule has 0 radical (unpaired) electrons. The number of carbonyl (C=O) groups is 2. The molecule has 2 aromatic rings. The van der Waals surface area contributed by atoms with Crippen LogP contribution in [0, 0.1) is 0 Å². The van der Waals surface area contributed by atoms with Gasteiger partial charge in [-0.3, -0.25) is 4.79 Å². The van der Waals surface area contributed by atoms with Crippen LogP contribution in [0.25, 0.3) is 0 Å². The first-order chi connectivity index (χ1) is 11.3. The summed E-state index contributed by atoms with van der Waals surface area (Å²) in [5.41, 5.74) is 1.52. The molecule has 0 aliphatic carbocycles. The van der Waals surface area contributed by atoms with Gasteiger partial charge in [0.05, 0.1) is 0 Å². The average Bonchev–Trinajstić information content (AvgIpc) is 2.54. The first-order valence-electron chi connectivity index (χ1n) is 7.02. The number of nitrogens with one attached hydrogen (secondary N) is 1. The molecule has 1 atom stereocenters. The third-order valence-electron chi connectivity index (χ3n) is 3.36. The highest BCUT2D eigenvalue weighted by Crippen LogP contribution is 2.37. The Morgan fingerprint density at radius 2 is 1.58 bits per heavy atom. The number of hydrogen-bond acceptors (Lipinski definition) is 2. The maximum absolute atomic E-state index is 12.2. The van der Waals surface area contributed by atoms with Gasteiger partial charge in [-0.2, -0.15) is 0 Å². The van der Waals surface area contributed by atoms with Gasteiger partial charge in [-0.25, -0.2) is 4.79 Å². The minimum Gasteiger partial charge on any atom is -0.480 e. The fraction of sp³-hybridized carbons (Fsp3) is 0.176. The van der Waals surface area contributed by atoms with E-state index in [0.29, 0.717) is 5.56 Å². The number of carboxylic acids is 1. The van der Waals surface area contributed by atoms with Crippen molar-refractivity contribution in [3.8, 4) is 0 Å². The molecular weight excluding hydrogens is 373 g/mol. The number of benzene rings is 2. The summed E-state index contributed by atoms with van der Waals surface area (Å²) in [7, 11) is 0. The molecule has 0 heterocycles. The van der Waals surface area contributed by atoms with Gasteiger partial charge in [-0.1, -0.05) is 77.3 Å². The molecule has 0 spiro atoms. The van der Waals surface area contributed by atoms with E-state index in [1.165, 1.54) is 24.3 Å².